The van der Waals surface area contributed by atoms with Crippen molar-refractivity contribution in [3.05, 3.63) is 127 Å². The number of rotatable bonds is 2. The highest BCUT2D eigenvalue weighted by molar-refractivity contribution is 7.26. The second-order valence-electron chi connectivity index (χ2n) is 10.1. The fourth-order valence-corrected chi connectivity index (χ4v) is 8.66. The van der Waals surface area contributed by atoms with Crippen molar-refractivity contribution in [1.82, 2.24) is 4.57 Å². The molecule has 0 radical (unpaired) electrons. The first-order valence-electron chi connectivity index (χ1n) is 13.2. The Morgan fingerprint density at radius 3 is 1.79 bits per heavy atom. The van der Waals surface area contributed by atoms with Gasteiger partial charge in [0.1, 0.15) is 0 Å². The zero-order valence-electron chi connectivity index (χ0n) is 20.9. The van der Waals surface area contributed by atoms with Gasteiger partial charge in [0.25, 0.3) is 0 Å². The maximum Gasteiger partial charge on any atom is 0.0555 e. The van der Waals surface area contributed by atoms with Crippen LogP contribution in [0.1, 0.15) is 0 Å². The molecule has 0 fully saturated rings. The monoisotopic (exact) mass is 531 g/mol. The van der Waals surface area contributed by atoms with E-state index in [1.165, 1.54) is 79.0 Å². The van der Waals surface area contributed by atoms with Crippen LogP contribution in [0.5, 0.6) is 0 Å². The Morgan fingerprint density at radius 1 is 0.410 bits per heavy atom. The number of hydrogen-bond donors (Lipinski definition) is 0. The van der Waals surface area contributed by atoms with Gasteiger partial charge in [-0.05, 0) is 53.6 Å². The lowest BCUT2D eigenvalue weighted by Gasteiger charge is -2.10. The lowest BCUT2D eigenvalue weighted by atomic mass is 9.98. The highest BCUT2D eigenvalue weighted by Gasteiger charge is 2.17. The molecule has 1 nitrogen and oxygen atoms in total. The van der Waals surface area contributed by atoms with Crippen molar-refractivity contribution in [1.29, 1.82) is 0 Å². The zero-order valence-corrected chi connectivity index (χ0v) is 22.5. The number of aromatic nitrogens is 1. The van der Waals surface area contributed by atoms with Crippen molar-refractivity contribution in [2.24, 2.45) is 0 Å². The van der Waals surface area contributed by atoms with Gasteiger partial charge in [-0.25, -0.2) is 0 Å². The van der Waals surface area contributed by atoms with Crippen LogP contribution in [-0.2, 0) is 0 Å². The third-order valence-electron chi connectivity index (χ3n) is 8.01. The van der Waals surface area contributed by atoms with Crippen molar-refractivity contribution in [2.75, 3.05) is 0 Å². The maximum atomic E-state index is 2.45. The first-order valence-corrected chi connectivity index (χ1v) is 14.8. The Bertz CT molecular complexity index is 2350. The van der Waals surface area contributed by atoms with E-state index in [-0.39, 0.29) is 0 Å². The number of nitrogens with zero attached hydrogens (tertiary/aromatic N) is 1. The Labute approximate surface area is 232 Å². The second-order valence-corrected chi connectivity index (χ2v) is 12.3. The van der Waals surface area contributed by atoms with Gasteiger partial charge in [0, 0.05) is 51.1 Å². The molecule has 0 aliphatic rings. The average Bonchev–Trinajstić information content (AvgIpc) is 3.66. The Balaban J connectivity index is 1.32. The summed E-state index contributed by atoms with van der Waals surface area (Å²) >= 11 is 3.77. The Morgan fingerprint density at radius 2 is 1.00 bits per heavy atom. The van der Waals surface area contributed by atoms with Crippen molar-refractivity contribution in [3.63, 3.8) is 0 Å². The van der Waals surface area contributed by atoms with Crippen LogP contribution < -0.4 is 0 Å². The SMILES string of the molecule is c1ccc2c(c1)sc1cccc(-c3ccc4c(c3)sc3cccc(-n5c6ccccc6c6ccccc65)c34)c12. The van der Waals surface area contributed by atoms with E-state index < -0.39 is 0 Å². The van der Waals surface area contributed by atoms with Crippen LogP contribution in [0.4, 0.5) is 0 Å². The summed E-state index contributed by atoms with van der Waals surface area (Å²) in [5.41, 5.74) is 6.33. The fraction of sp³-hybridized carbons (Fsp3) is 0. The summed E-state index contributed by atoms with van der Waals surface area (Å²) in [4.78, 5) is 0. The quantitative estimate of drug-likeness (QED) is 0.209. The number of thiophene rings is 2. The minimum absolute atomic E-state index is 1.25. The van der Waals surface area contributed by atoms with E-state index in [1.54, 1.807) is 0 Å². The number of hydrogen-bond acceptors (Lipinski definition) is 2. The molecule has 39 heavy (non-hydrogen) atoms. The summed E-state index contributed by atoms with van der Waals surface area (Å²) in [7, 11) is 0. The van der Waals surface area contributed by atoms with E-state index in [1.807, 2.05) is 22.7 Å². The lowest BCUT2D eigenvalue weighted by molar-refractivity contribution is 1.20. The normalized spacial score (nSPS) is 12.1. The molecule has 9 rings (SSSR count). The molecule has 0 aliphatic carbocycles. The summed E-state index contributed by atoms with van der Waals surface area (Å²) in [5, 5.41) is 7.95. The van der Waals surface area contributed by atoms with E-state index in [0.29, 0.717) is 0 Å². The molecule has 0 spiro atoms. The van der Waals surface area contributed by atoms with E-state index in [9.17, 15) is 0 Å². The van der Waals surface area contributed by atoms with Crippen LogP contribution in [-0.4, -0.2) is 4.57 Å². The summed E-state index contributed by atoms with van der Waals surface area (Å²) in [5.74, 6) is 0. The van der Waals surface area contributed by atoms with Crippen molar-refractivity contribution < 1.29 is 0 Å². The minimum atomic E-state index is 1.25. The molecule has 0 amide bonds. The van der Waals surface area contributed by atoms with Gasteiger partial charge < -0.3 is 4.57 Å². The van der Waals surface area contributed by atoms with Crippen LogP contribution >= 0.6 is 22.7 Å². The third-order valence-corrected chi connectivity index (χ3v) is 10.3. The molecular formula is C36H21NS2. The fourth-order valence-electron chi connectivity index (χ4n) is 6.36. The highest BCUT2D eigenvalue weighted by atomic mass is 32.1. The second kappa shape index (κ2) is 8.03. The first kappa shape index (κ1) is 21.5. The van der Waals surface area contributed by atoms with Crippen LogP contribution in [0, 0.1) is 0 Å². The van der Waals surface area contributed by atoms with Gasteiger partial charge in [0.05, 0.1) is 16.7 Å². The number of para-hydroxylation sites is 2. The predicted molar refractivity (Wildman–Crippen MR) is 172 cm³/mol. The van der Waals surface area contributed by atoms with Crippen LogP contribution in [0.2, 0.25) is 0 Å². The Kier molecular flexibility index (Phi) is 4.43. The van der Waals surface area contributed by atoms with Gasteiger partial charge in [0.15, 0.2) is 0 Å². The molecule has 0 saturated carbocycles. The van der Waals surface area contributed by atoms with Crippen molar-refractivity contribution in [3.8, 4) is 16.8 Å². The smallest absolute Gasteiger partial charge is 0.0555 e. The van der Waals surface area contributed by atoms with Crippen LogP contribution in [0.25, 0.3) is 79.0 Å². The van der Waals surface area contributed by atoms with Gasteiger partial charge in [0.2, 0.25) is 0 Å². The van der Waals surface area contributed by atoms with Crippen molar-refractivity contribution >= 4 is 84.8 Å². The molecule has 3 heteroatoms. The molecule has 0 atom stereocenters. The van der Waals surface area contributed by atoms with Crippen LogP contribution in [0.15, 0.2) is 127 Å². The molecule has 3 heterocycles. The standard InChI is InChI=1S/C36H21NS2/c1-4-13-28-24(9-1)25-10-2-5-14-29(25)37(28)30-15-8-18-33-36(30)27-20-19-22(21-34(27)39-33)23-12-7-17-32-35(23)26-11-3-6-16-31(26)38-32/h1-21H. The van der Waals surface area contributed by atoms with E-state index in [2.05, 4.69) is 132 Å². The topological polar surface area (TPSA) is 4.93 Å². The average molecular weight is 532 g/mol. The van der Waals surface area contributed by atoms with E-state index in [4.69, 9.17) is 0 Å². The summed E-state index contributed by atoms with van der Waals surface area (Å²) < 4.78 is 7.79. The summed E-state index contributed by atoms with van der Waals surface area (Å²) in [6, 6.07) is 46.8. The van der Waals surface area contributed by atoms with Gasteiger partial charge in [-0.3, -0.25) is 0 Å². The highest BCUT2D eigenvalue weighted by Crippen LogP contribution is 2.44. The first-order chi connectivity index (χ1) is 19.3. The molecule has 9 aromatic rings. The molecular weight excluding hydrogens is 511 g/mol. The van der Waals surface area contributed by atoms with Gasteiger partial charge >= 0.3 is 0 Å². The molecule has 0 N–H and O–H groups in total. The van der Waals surface area contributed by atoms with Crippen molar-refractivity contribution in [2.45, 2.75) is 0 Å². The molecule has 0 unspecified atom stereocenters. The van der Waals surface area contributed by atoms with E-state index in [0.717, 1.165) is 0 Å². The molecule has 182 valence electrons. The molecule has 0 saturated heterocycles. The van der Waals surface area contributed by atoms with E-state index >= 15 is 0 Å². The number of fused-ring (bicyclic) bond motifs is 9. The molecule has 0 bridgehead atoms. The lowest BCUT2D eigenvalue weighted by Crippen LogP contribution is -1.94. The molecule has 3 aromatic heterocycles. The maximum absolute atomic E-state index is 2.45. The minimum Gasteiger partial charge on any atom is -0.309 e. The van der Waals surface area contributed by atoms with Crippen LogP contribution in [0.3, 0.4) is 0 Å². The summed E-state index contributed by atoms with van der Waals surface area (Å²) in [6.45, 7) is 0. The molecule has 6 aromatic carbocycles. The number of benzene rings is 6. The zero-order chi connectivity index (χ0) is 25.5. The molecule has 0 aliphatic heterocycles. The van der Waals surface area contributed by atoms with Gasteiger partial charge in [-0.15, -0.1) is 22.7 Å². The summed E-state index contributed by atoms with van der Waals surface area (Å²) in [6.07, 6.45) is 0. The largest absolute Gasteiger partial charge is 0.309 e. The van der Waals surface area contributed by atoms with Gasteiger partial charge in [-0.2, -0.15) is 0 Å². The Hall–Kier alpha value is -4.44. The van der Waals surface area contributed by atoms with Gasteiger partial charge in [-0.1, -0.05) is 84.9 Å². The third kappa shape index (κ3) is 3.00. The predicted octanol–water partition coefficient (Wildman–Crippen LogP) is 11.2.